The molecule has 0 spiro atoms. The van der Waals surface area contributed by atoms with E-state index in [9.17, 15) is 41.5 Å². The Bertz CT molecular complexity index is 1060. The number of nitrogens with one attached hydrogen (secondary N) is 2. The van der Waals surface area contributed by atoms with Gasteiger partial charge in [0.15, 0.2) is 5.60 Å². The number of halogens is 4. The first kappa shape index (κ1) is 29.5. The van der Waals surface area contributed by atoms with Crippen LogP contribution in [-0.2, 0) is 34.7 Å². The van der Waals surface area contributed by atoms with E-state index >= 15 is 0 Å². The van der Waals surface area contributed by atoms with E-state index < -0.39 is 90.9 Å². The summed E-state index contributed by atoms with van der Waals surface area (Å²) in [4.78, 5) is 59.5. The molecule has 37 heavy (non-hydrogen) atoms. The quantitative estimate of drug-likeness (QED) is 0.242. The Morgan fingerprint density at radius 3 is 2.22 bits per heavy atom. The smallest absolute Gasteiger partial charge is 0.506 e. The Morgan fingerprint density at radius 1 is 1.11 bits per heavy atom. The largest absolute Gasteiger partial charge is 0.552 e. The van der Waals surface area contributed by atoms with Gasteiger partial charge in [-0.1, -0.05) is 13.8 Å². The van der Waals surface area contributed by atoms with Crippen LogP contribution in [0, 0.1) is 11.7 Å². The van der Waals surface area contributed by atoms with Crippen LogP contribution in [0.25, 0.3) is 0 Å². The van der Waals surface area contributed by atoms with Crippen LogP contribution in [0.5, 0.6) is 0 Å². The lowest BCUT2D eigenvalue weighted by Gasteiger charge is -2.24. The van der Waals surface area contributed by atoms with Crippen LogP contribution in [-0.4, -0.2) is 65.1 Å². The van der Waals surface area contributed by atoms with Gasteiger partial charge >= 0.3 is 31.2 Å². The van der Waals surface area contributed by atoms with Crippen molar-refractivity contribution in [3.05, 3.63) is 35.1 Å². The molecule has 1 fully saturated rings. The summed E-state index contributed by atoms with van der Waals surface area (Å²) in [7, 11) is -1.57. The number of carbonyl (C=O) groups is 5. The molecular formula is C21H23BF4N2O9. The number of aliphatic carboxylic acids is 2. The zero-order chi connectivity index (χ0) is 28.1. The number of rotatable bonds is 11. The lowest BCUT2D eigenvalue weighted by Crippen LogP contribution is -2.51. The summed E-state index contributed by atoms with van der Waals surface area (Å²) < 4.78 is 63.0. The van der Waals surface area contributed by atoms with E-state index in [1.54, 1.807) is 13.8 Å². The molecule has 1 aromatic carbocycles. The molecule has 0 radical (unpaired) electrons. The van der Waals surface area contributed by atoms with Crippen molar-refractivity contribution in [2.75, 3.05) is 6.54 Å². The molecule has 2 amide bonds. The van der Waals surface area contributed by atoms with Gasteiger partial charge in [0, 0.05) is 0 Å². The topological polar surface area (TPSA) is 168 Å². The van der Waals surface area contributed by atoms with E-state index in [0.717, 1.165) is 0 Å². The third-order valence-corrected chi connectivity index (χ3v) is 5.16. The second-order valence-corrected chi connectivity index (χ2v) is 8.71. The zero-order valence-electron chi connectivity index (χ0n) is 19.6. The maximum absolute atomic E-state index is 13.9. The van der Waals surface area contributed by atoms with Crippen LogP contribution in [0.3, 0.4) is 0 Å². The van der Waals surface area contributed by atoms with E-state index in [2.05, 4.69) is 5.32 Å². The number of hydrogen-bond acceptors (Lipinski definition) is 7. The molecule has 2 rings (SSSR count). The average molecular weight is 534 g/mol. The molecule has 0 saturated carbocycles. The number of alkyl halides is 3. The molecule has 0 aromatic heterocycles. The average Bonchev–Trinajstić information content (AvgIpc) is 3.05. The van der Waals surface area contributed by atoms with Gasteiger partial charge in [-0.2, -0.15) is 13.2 Å². The first-order valence-electron chi connectivity index (χ1n) is 10.8. The maximum atomic E-state index is 13.9. The Balaban J connectivity index is 2.13. The van der Waals surface area contributed by atoms with Crippen molar-refractivity contribution in [1.29, 1.82) is 0 Å². The predicted octanol–water partition coefficient (Wildman–Crippen LogP) is 1.39. The fraction of sp³-hybridized carbons (Fsp3) is 0.476. The highest BCUT2D eigenvalue weighted by molar-refractivity contribution is 6.51. The fourth-order valence-corrected chi connectivity index (χ4v) is 3.59. The monoisotopic (exact) mass is 534 g/mol. The Labute approximate surface area is 207 Å². The molecule has 0 bridgehead atoms. The Hall–Kier alpha value is -3.69. The molecule has 0 aliphatic carbocycles. The van der Waals surface area contributed by atoms with Crippen LogP contribution < -0.4 is 10.6 Å². The molecule has 0 unspecified atom stereocenters. The summed E-state index contributed by atoms with van der Waals surface area (Å²) >= 11 is 0. The standard InChI is InChI=1S/C21H23BF4N2O9/c1-10(2)5-14(22-36-19(35)20(37-22,7-16(30)31)8-17(32)33)28-15(29)9-27-18(34)12-6-11(21(24,25)26)3-4-13(12)23/h3-4,6,10,14H,5,7-9H2,1-2H3,(H,27,34)(H,28,29)(H,30,31)(H,32,33)/t14-/m0/s1. The lowest BCUT2D eigenvalue weighted by molar-refractivity contribution is -0.157. The molecule has 1 aromatic rings. The Kier molecular flexibility index (Phi) is 9.25. The zero-order valence-corrected chi connectivity index (χ0v) is 19.6. The Morgan fingerprint density at radius 2 is 1.70 bits per heavy atom. The van der Waals surface area contributed by atoms with E-state index in [1.165, 1.54) is 0 Å². The number of carboxylic acids is 2. The summed E-state index contributed by atoms with van der Waals surface area (Å²) in [5.74, 6) is -9.08. The van der Waals surface area contributed by atoms with E-state index in [1.807, 2.05) is 5.32 Å². The third-order valence-electron chi connectivity index (χ3n) is 5.16. The molecule has 1 aliphatic heterocycles. The van der Waals surface area contributed by atoms with Gasteiger partial charge in [-0.05, 0) is 30.5 Å². The second-order valence-electron chi connectivity index (χ2n) is 8.71. The van der Waals surface area contributed by atoms with Gasteiger partial charge in [-0.3, -0.25) is 24.0 Å². The number of hydrogen-bond donors (Lipinski definition) is 4. The highest BCUT2D eigenvalue weighted by Gasteiger charge is 2.57. The first-order chi connectivity index (χ1) is 17.0. The minimum Gasteiger partial charge on any atom is -0.506 e. The first-order valence-corrected chi connectivity index (χ1v) is 10.8. The summed E-state index contributed by atoms with van der Waals surface area (Å²) in [6.45, 7) is 2.62. The number of benzene rings is 1. The fourth-order valence-electron chi connectivity index (χ4n) is 3.59. The van der Waals surface area contributed by atoms with Crippen molar-refractivity contribution in [3.63, 3.8) is 0 Å². The number of carboxylic acid groups (broad SMARTS) is 2. The highest BCUT2D eigenvalue weighted by atomic mass is 19.4. The minimum atomic E-state index is -4.83. The van der Waals surface area contributed by atoms with Gasteiger partial charge in [0.1, 0.15) is 5.82 Å². The van der Waals surface area contributed by atoms with Crippen molar-refractivity contribution < 1.29 is 61.1 Å². The second kappa shape index (κ2) is 11.6. The van der Waals surface area contributed by atoms with Gasteiger partial charge in [0.25, 0.3) is 5.91 Å². The van der Waals surface area contributed by atoms with Crippen LogP contribution in [0.1, 0.15) is 49.0 Å². The molecule has 1 aliphatic rings. The molecule has 1 atom stereocenters. The van der Waals surface area contributed by atoms with Crippen LogP contribution >= 0.6 is 0 Å². The van der Waals surface area contributed by atoms with Crippen molar-refractivity contribution in [3.8, 4) is 0 Å². The van der Waals surface area contributed by atoms with Crippen molar-refractivity contribution >= 4 is 36.8 Å². The normalized spacial score (nSPS) is 15.8. The van der Waals surface area contributed by atoms with Gasteiger partial charge in [-0.15, -0.1) is 0 Å². The minimum absolute atomic E-state index is 0.0934. The highest BCUT2D eigenvalue weighted by Crippen LogP contribution is 2.33. The molecule has 4 N–H and O–H groups in total. The van der Waals surface area contributed by atoms with Crippen molar-refractivity contribution in [2.24, 2.45) is 5.92 Å². The summed E-state index contributed by atoms with van der Waals surface area (Å²) in [6.07, 6.45) is -6.78. The molecular weight excluding hydrogens is 511 g/mol. The van der Waals surface area contributed by atoms with Gasteiger partial charge < -0.3 is 30.2 Å². The van der Waals surface area contributed by atoms with E-state index in [-0.39, 0.29) is 12.3 Å². The summed E-state index contributed by atoms with van der Waals surface area (Å²) in [6, 6.07) is 1.20. The summed E-state index contributed by atoms with van der Waals surface area (Å²) in [5.41, 5.74) is -4.55. The van der Waals surface area contributed by atoms with Gasteiger partial charge in [0.05, 0.1) is 36.5 Å². The summed E-state index contributed by atoms with van der Waals surface area (Å²) in [5, 5.41) is 22.6. The van der Waals surface area contributed by atoms with Crippen molar-refractivity contribution in [2.45, 2.75) is 50.8 Å². The molecule has 202 valence electrons. The maximum Gasteiger partial charge on any atom is 0.552 e. The SMILES string of the molecule is CC(C)C[C@H](NC(=O)CNC(=O)c1cc(C(F)(F)F)ccc1F)B1OC(=O)C(CC(=O)O)(CC(=O)O)O1. The van der Waals surface area contributed by atoms with Crippen molar-refractivity contribution in [1.82, 2.24) is 10.6 Å². The van der Waals surface area contributed by atoms with Gasteiger partial charge in [0.2, 0.25) is 5.91 Å². The van der Waals surface area contributed by atoms with Crippen LogP contribution in [0.2, 0.25) is 0 Å². The van der Waals surface area contributed by atoms with E-state index in [0.29, 0.717) is 18.2 Å². The number of amides is 2. The van der Waals surface area contributed by atoms with Gasteiger partial charge in [-0.25, -0.2) is 4.39 Å². The third kappa shape index (κ3) is 7.90. The van der Waals surface area contributed by atoms with E-state index in [4.69, 9.17) is 19.5 Å². The predicted molar refractivity (Wildman–Crippen MR) is 115 cm³/mol. The van der Waals surface area contributed by atoms with Crippen LogP contribution in [0.15, 0.2) is 18.2 Å². The lowest BCUT2D eigenvalue weighted by atomic mass is 9.74. The molecule has 11 nitrogen and oxygen atoms in total. The molecule has 1 saturated heterocycles. The molecule has 16 heteroatoms. The number of carbonyl (C=O) groups excluding carboxylic acids is 3. The van der Waals surface area contributed by atoms with Crippen LogP contribution in [0.4, 0.5) is 17.6 Å². The molecule has 1 heterocycles.